The van der Waals surface area contributed by atoms with Gasteiger partial charge in [-0.25, -0.2) is 4.68 Å². The first kappa shape index (κ1) is 25.3. The number of aromatic nitrogens is 3. The highest BCUT2D eigenvalue weighted by Gasteiger charge is 2.26. The third-order valence-electron chi connectivity index (χ3n) is 7.09. The first-order valence-corrected chi connectivity index (χ1v) is 12.2. The van der Waals surface area contributed by atoms with Gasteiger partial charge in [0.15, 0.2) is 0 Å². The van der Waals surface area contributed by atoms with Crippen LogP contribution in [0.25, 0.3) is 11.0 Å². The number of carbonyl (C=O) groups excluding carboxylic acids is 1. The Morgan fingerprint density at radius 1 is 1.08 bits per heavy atom. The van der Waals surface area contributed by atoms with E-state index >= 15 is 0 Å². The van der Waals surface area contributed by atoms with Crippen LogP contribution in [-0.2, 0) is 24.8 Å². The van der Waals surface area contributed by atoms with Crippen LogP contribution in [0.15, 0.2) is 54.6 Å². The smallest absolute Gasteiger partial charge is 0.387 e. The van der Waals surface area contributed by atoms with Gasteiger partial charge in [0.1, 0.15) is 11.3 Å². The fraction of sp³-hybridized carbons (Fsp3) is 0.286. The molecule has 5 rings (SSSR count). The van der Waals surface area contributed by atoms with Crippen molar-refractivity contribution in [3.05, 3.63) is 88.0 Å². The van der Waals surface area contributed by atoms with Gasteiger partial charge >= 0.3 is 12.6 Å². The summed E-state index contributed by atoms with van der Waals surface area (Å²) in [5.74, 6) is -1.54. The van der Waals surface area contributed by atoms with E-state index in [-0.39, 0.29) is 18.1 Å². The quantitative estimate of drug-likeness (QED) is 0.380. The lowest BCUT2D eigenvalue weighted by Crippen LogP contribution is -2.36. The molecule has 1 aliphatic rings. The predicted molar refractivity (Wildman–Crippen MR) is 135 cm³/mol. The number of aliphatic carboxylic acids is 1. The molecule has 0 radical (unpaired) electrons. The second kappa shape index (κ2) is 10.2. The van der Waals surface area contributed by atoms with Crippen molar-refractivity contribution >= 4 is 22.9 Å². The molecule has 0 saturated heterocycles. The number of fused-ring (bicyclic) bond motifs is 2. The minimum atomic E-state index is -2.93. The van der Waals surface area contributed by atoms with Gasteiger partial charge in [0.2, 0.25) is 0 Å². The molecule has 4 aromatic rings. The molecular formula is C28H26F2N4O4. The summed E-state index contributed by atoms with van der Waals surface area (Å²) in [7, 11) is 1.81. The molecule has 3 aromatic carbocycles. The molecule has 1 aliphatic heterocycles. The zero-order chi connectivity index (χ0) is 27.0. The minimum Gasteiger partial charge on any atom is -0.481 e. The Morgan fingerprint density at radius 2 is 1.84 bits per heavy atom. The number of carbonyl (C=O) groups is 2. The van der Waals surface area contributed by atoms with Crippen molar-refractivity contribution in [1.82, 2.24) is 19.9 Å². The largest absolute Gasteiger partial charge is 0.481 e. The van der Waals surface area contributed by atoms with Crippen LogP contribution >= 0.6 is 0 Å². The van der Waals surface area contributed by atoms with Gasteiger partial charge in [-0.2, -0.15) is 8.78 Å². The summed E-state index contributed by atoms with van der Waals surface area (Å²) >= 11 is 0. The monoisotopic (exact) mass is 520 g/mol. The van der Waals surface area contributed by atoms with Gasteiger partial charge in [0.05, 0.1) is 11.9 Å². The molecule has 1 amide bonds. The highest BCUT2D eigenvalue weighted by molar-refractivity contribution is 5.94. The first-order chi connectivity index (χ1) is 18.2. The molecule has 0 aliphatic carbocycles. The van der Waals surface area contributed by atoms with Gasteiger partial charge in [-0.1, -0.05) is 29.5 Å². The van der Waals surface area contributed by atoms with E-state index in [1.54, 1.807) is 9.58 Å². The Kier molecular flexibility index (Phi) is 6.79. The standard InChI is InChI=1S/C28H26F2N4O4/c1-16-22(9-10-24-26(16)31-32-33(24)2)23(14-25(35)36)19-4-3-17-11-12-34(15-20(17)13-19)27(37)18-5-7-21(8-6-18)38-28(29)30/h3-10,13,23,28H,11-12,14-15H2,1-2H3,(H,35,36). The SMILES string of the molecule is Cc1c(C(CC(=O)O)c2ccc3c(c2)CN(C(=O)c2ccc(OC(F)F)cc2)CC3)ccc2c1nnn2C. The van der Waals surface area contributed by atoms with Crippen LogP contribution < -0.4 is 4.74 Å². The summed E-state index contributed by atoms with van der Waals surface area (Å²) in [5, 5.41) is 18.1. The van der Waals surface area contributed by atoms with Crippen LogP contribution in [0.4, 0.5) is 8.78 Å². The van der Waals surface area contributed by atoms with Crippen LogP contribution in [0.3, 0.4) is 0 Å². The number of alkyl halides is 2. The van der Waals surface area contributed by atoms with Crippen molar-refractivity contribution in [2.24, 2.45) is 7.05 Å². The molecule has 0 fully saturated rings. The van der Waals surface area contributed by atoms with E-state index < -0.39 is 18.5 Å². The van der Waals surface area contributed by atoms with E-state index in [1.807, 2.05) is 44.3 Å². The summed E-state index contributed by atoms with van der Waals surface area (Å²) < 4.78 is 30.9. The fourth-order valence-corrected chi connectivity index (χ4v) is 5.14. The maximum Gasteiger partial charge on any atom is 0.387 e. The van der Waals surface area contributed by atoms with E-state index in [2.05, 4.69) is 15.0 Å². The average Bonchev–Trinajstić information content (AvgIpc) is 3.28. The predicted octanol–water partition coefficient (Wildman–Crippen LogP) is 4.68. The third kappa shape index (κ3) is 4.93. The van der Waals surface area contributed by atoms with E-state index in [4.69, 9.17) is 0 Å². The van der Waals surface area contributed by atoms with E-state index in [9.17, 15) is 23.5 Å². The fourth-order valence-electron chi connectivity index (χ4n) is 5.14. The Bertz CT molecular complexity index is 1520. The Labute approximate surface area is 217 Å². The van der Waals surface area contributed by atoms with Crippen LogP contribution in [0, 0.1) is 6.92 Å². The van der Waals surface area contributed by atoms with Crippen molar-refractivity contribution in [2.75, 3.05) is 6.54 Å². The number of benzene rings is 3. The molecule has 1 atom stereocenters. The number of rotatable bonds is 7. The maximum absolute atomic E-state index is 13.1. The first-order valence-electron chi connectivity index (χ1n) is 12.2. The van der Waals surface area contributed by atoms with Gasteiger partial charge in [0.25, 0.3) is 5.91 Å². The summed E-state index contributed by atoms with van der Waals surface area (Å²) in [4.78, 5) is 26.7. The molecule has 2 heterocycles. The summed E-state index contributed by atoms with van der Waals surface area (Å²) in [6, 6.07) is 15.4. The van der Waals surface area contributed by atoms with Crippen LogP contribution in [0.5, 0.6) is 5.75 Å². The number of carboxylic acid groups (broad SMARTS) is 1. The van der Waals surface area contributed by atoms with Crippen molar-refractivity contribution in [3.8, 4) is 5.75 Å². The number of ether oxygens (including phenoxy) is 1. The van der Waals surface area contributed by atoms with Crippen molar-refractivity contribution in [3.63, 3.8) is 0 Å². The molecule has 8 nitrogen and oxygen atoms in total. The van der Waals surface area contributed by atoms with Gasteiger partial charge in [-0.05, 0) is 71.5 Å². The molecule has 0 spiro atoms. The van der Waals surface area contributed by atoms with Crippen LogP contribution in [0.2, 0.25) is 0 Å². The summed E-state index contributed by atoms with van der Waals surface area (Å²) in [5.41, 5.74) is 6.64. The number of hydrogen-bond donors (Lipinski definition) is 1. The molecular weight excluding hydrogens is 494 g/mol. The number of hydrogen-bond acceptors (Lipinski definition) is 5. The number of halogens is 2. The Hall–Kier alpha value is -4.34. The lowest BCUT2D eigenvalue weighted by molar-refractivity contribution is -0.137. The lowest BCUT2D eigenvalue weighted by atomic mass is 9.83. The zero-order valence-electron chi connectivity index (χ0n) is 20.9. The Balaban J connectivity index is 1.43. The second-order valence-corrected chi connectivity index (χ2v) is 9.42. The second-order valence-electron chi connectivity index (χ2n) is 9.42. The molecule has 196 valence electrons. The Morgan fingerprint density at radius 3 is 2.55 bits per heavy atom. The number of amides is 1. The van der Waals surface area contributed by atoms with Gasteiger partial charge in [-0.15, -0.1) is 5.10 Å². The van der Waals surface area contributed by atoms with Crippen molar-refractivity contribution in [2.45, 2.75) is 38.8 Å². The molecule has 1 aromatic heterocycles. The van der Waals surface area contributed by atoms with E-state index in [0.717, 1.165) is 38.9 Å². The van der Waals surface area contributed by atoms with Gasteiger partial charge < -0.3 is 14.7 Å². The number of carboxylic acids is 1. The van der Waals surface area contributed by atoms with Gasteiger partial charge in [0, 0.05) is 31.6 Å². The average molecular weight is 521 g/mol. The van der Waals surface area contributed by atoms with Crippen molar-refractivity contribution < 1.29 is 28.2 Å². The minimum absolute atomic E-state index is 0.00961. The number of nitrogens with zero attached hydrogens (tertiary/aromatic N) is 4. The van der Waals surface area contributed by atoms with Crippen LogP contribution in [-0.4, -0.2) is 50.0 Å². The maximum atomic E-state index is 13.1. The molecule has 38 heavy (non-hydrogen) atoms. The molecule has 0 bridgehead atoms. The molecule has 10 heteroatoms. The normalized spacial score (nSPS) is 14.0. The zero-order valence-corrected chi connectivity index (χ0v) is 20.9. The highest BCUT2D eigenvalue weighted by atomic mass is 19.3. The summed E-state index contributed by atoms with van der Waals surface area (Å²) in [6.45, 7) is -0.126. The molecule has 1 unspecified atom stereocenters. The topological polar surface area (TPSA) is 97.6 Å². The summed E-state index contributed by atoms with van der Waals surface area (Å²) in [6.07, 6.45) is 0.559. The van der Waals surface area contributed by atoms with E-state index in [0.29, 0.717) is 25.1 Å². The van der Waals surface area contributed by atoms with E-state index in [1.165, 1.54) is 24.3 Å². The molecule has 1 N–H and O–H groups in total. The van der Waals surface area contributed by atoms with Crippen molar-refractivity contribution in [1.29, 1.82) is 0 Å². The molecule has 0 saturated carbocycles. The number of aryl methyl sites for hydroxylation is 2. The lowest BCUT2D eigenvalue weighted by Gasteiger charge is -2.30. The third-order valence-corrected chi connectivity index (χ3v) is 7.09. The van der Waals surface area contributed by atoms with Crippen LogP contribution in [0.1, 0.15) is 50.5 Å². The highest BCUT2D eigenvalue weighted by Crippen LogP contribution is 2.35. The van der Waals surface area contributed by atoms with Gasteiger partial charge in [-0.3, -0.25) is 9.59 Å².